The molecule has 2 aliphatic carbocycles. The lowest BCUT2D eigenvalue weighted by Crippen LogP contribution is -2.30. The topological polar surface area (TPSA) is 42.2 Å². The molecule has 0 bridgehead atoms. The summed E-state index contributed by atoms with van der Waals surface area (Å²) in [5.74, 6) is 1.81. The van der Waals surface area contributed by atoms with Crippen molar-refractivity contribution < 1.29 is 4.42 Å². The Bertz CT molecular complexity index is 2700. The number of hydrogen-bond acceptors (Lipinski definition) is 4. The van der Waals surface area contributed by atoms with Crippen molar-refractivity contribution in [2.45, 2.75) is 31.2 Å². The predicted molar refractivity (Wildman–Crippen MR) is 215 cm³/mol. The molecule has 1 aliphatic heterocycles. The fourth-order valence-corrected chi connectivity index (χ4v) is 9.05. The van der Waals surface area contributed by atoms with Gasteiger partial charge >= 0.3 is 0 Å². The highest BCUT2D eigenvalue weighted by Crippen LogP contribution is 2.58. The molecule has 0 saturated heterocycles. The first-order valence-corrected chi connectivity index (χ1v) is 18.4. The van der Waals surface area contributed by atoms with E-state index in [-0.39, 0.29) is 17.4 Å². The maximum absolute atomic E-state index is 6.75. The Morgan fingerprint density at radius 2 is 1.26 bits per heavy atom. The van der Waals surface area contributed by atoms with E-state index in [2.05, 4.69) is 170 Å². The zero-order chi connectivity index (χ0) is 35.3. The van der Waals surface area contributed by atoms with Gasteiger partial charge in [-0.3, -0.25) is 0 Å². The van der Waals surface area contributed by atoms with Crippen LogP contribution in [-0.4, -0.2) is 16.0 Å². The molecule has 0 amide bonds. The maximum atomic E-state index is 6.75. The van der Waals surface area contributed by atoms with Gasteiger partial charge in [0.05, 0.1) is 23.3 Å². The first-order valence-electron chi connectivity index (χ1n) is 18.4. The highest BCUT2D eigenvalue weighted by Gasteiger charge is 2.46. The molecule has 0 N–H and O–H groups in total. The van der Waals surface area contributed by atoms with Crippen LogP contribution in [0.5, 0.6) is 0 Å². The van der Waals surface area contributed by atoms with Crippen LogP contribution in [0.2, 0.25) is 0 Å². The molecule has 0 radical (unpaired) electrons. The summed E-state index contributed by atoms with van der Waals surface area (Å²) in [6, 6.07) is 53.9. The molecule has 252 valence electrons. The fourth-order valence-electron chi connectivity index (χ4n) is 9.05. The normalized spacial score (nSPS) is 17.3. The van der Waals surface area contributed by atoms with Gasteiger partial charge in [0, 0.05) is 44.4 Å². The minimum absolute atomic E-state index is 0.0533. The Hall–Kier alpha value is -6.52. The van der Waals surface area contributed by atoms with Crippen LogP contribution < -0.4 is 4.90 Å². The second-order valence-electron chi connectivity index (χ2n) is 14.9. The molecule has 0 saturated carbocycles. The molecule has 2 atom stereocenters. The van der Waals surface area contributed by atoms with Crippen molar-refractivity contribution in [1.82, 2.24) is 9.97 Å². The summed E-state index contributed by atoms with van der Waals surface area (Å²) in [5, 5.41) is 1.17. The van der Waals surface area contributed by atoms with Crippen LogP contribution in [-0.2, 0) is 5.41 Å². The summed E-state index contributed by atoms with van der Waals surface area (Å²) in [7, 11) is 0. The smallest absolute Gasteiger partial charge is 0.160 e. The minimum Gasteiger partial charge on any atom is -0.460 e. The fraction of sp³-hybridized carbons (Fsp3) is 0.102. The summed E-state index contributed by atoms with van der Waals surface area (Å²) in [6.45, 7) is 4.71. The highest BCUT2D eigenvalue weighted by molar-refractivity contribution is 5.93. The number of anilines is 2. The van der Waals surface area contributed by atoms with Crippen molar-refractivity contribution in [3.05, 3.63) is 186 Å². The van der Waals surface area contributed by atoms with Crippen LogP contribution in [0.4, 0.5) is 11.4 Å². The van der Waals surface area contributed by atoms with Crippen LogP contribution in [0.15, 0.2) is 162 Å². The third kappa shape index (κ3) is 4.48. The van der Waals surface area contributed by atoms with Crippen molar-refractivity contribution >= 4 is 28.4 Å². The van der Waals surface area contributed by atoms with Gasteiger partial charge in [0.1, 0.15) is 11.3 Å². The Labute approximate surface area is 308 Å². The van der Waals surface area contributed by atoms with Gasteiger partial charge in [-0.2, -0.15) is 0 Å². The Morgan fingerprint density at radius 3 is 2.00 bits per heavy atom. The lowest BCUT2D eigenvalue weighted by molar-refractivity contribution is 0.505. The van der Waals surface area contributed by atoms with Crippen LogP contribution in [0.1, 0.15) is 47.8 Å². The molecular formula is C49H35N3O. The van der Waals surface area contributed by atoms with Gasteiger partial charge in [-0.15, -0.1) is 0 Å². The monoisotopic (exact) mass is 681 g/mol. The molecule has 8 aromatic rings. The molecule has 2 aromatic heterocycles. The van der Waals surface area contributed by atoms with E-state index in [9.17, 15) is 0 Å². The summed E-state index contributed by atoms with van der Waals surface area (Å²) < 4.78 is 6.75. The second-order valence-corrected chi connectivity index (χ2v) is 14.9. The molecule has 3 aliphatic rings. The Morgan fingerprint density at radius 1 is 0.604 bits per heavy atom. The molecular weight excluding hydrogens is 647 g/mol. The van der Waals surface area contributed by atoms with Crippen LogP contribution >= 0.6 is 0 Å². The zero-order valence-electron chi connectivity index (χ0n) is 29.5. The highest BCUT2D eigenvalue weighted by atomic mass is 16.3. The van der Waals surface area contributed by atoms with Gasteiger partial charge in [-0.1, -0.05) is 129 Å². The largest absolute Gasteiger partial charge is 0.460 e. The van der Waals surface area contributed by atoms with Crippen molar-refractivity contribution in [2.75, 3.05) is 4.90 Å². The molecule has 11 rings (SSSR count). The molecule has 4 heteroatoms. The van der Waals surface area contributed by atoms with E-state index in [1.807, 2.05) is 12.1 Å². The number of fused-ring (bicyclic) bond motifs is 10. The van der Waals surface area contributed by atoms with Crippen molar-refractivity contribution in [2.24, 2.45) is 0 Å². The summed E-state index contributed by atoms with van der Waals surface area (Å²) >= 11 is 0. The average Bonchev–Trinajstić information content (AvgIpc) is 3.83. The first kappa shape index (κ1) is 30.1. The molecule has 3 heterocycles. The number of aromatic nitrogens is 2. The van der Waals surface area contributed by atoms with E-state index in [1.54, 1.807) is 0 Å². The minimum atomic E-state index is -0.109. The molecule has 2 unspecified atom stereocenters. The third-order valence-electron chi connectivity index (χ3n) is 11.6. The van der Waals surface area contributed by atoms with Gasteiger partial charge in [-0.05, 0) is 76.3 Å². The second kappa shape index (κ2) is 11.2. The van der Waals surface area contributed by atoms with Gasteiger partial charge in [0.15, 0.2) is 5.82 Å². The zero-order valence-corrected chi connectivity index (χ0v) is 29.5. The molecule has 6 aromatic carbocycles. The number of nitrogens with zero attached hydrogens (tertiary/aromatic N) is 3. The standard InChI is InChI=1S/C49H35N3O/c1-49(2)39-19-11-9-17-34(39)37-27-38-44(28-40(37)49)52(43-26-25-36-35-18-10-12-20-45(35)53-47(36)46(38)43)33-23-21-32(22-24-33)48-50-41(30-13-5-3-6-14-30)29-42(51-48)31-15-7-4-8-16-31/h3-29,43,46H,1-2H3. The van der Waals surface area contributed by atoms with Crippen molar-refractivity contribution in [3.63, 3.8) is 0 Å². The maximum Gasteiger partial charge on any atom is 0.160 e. The predicted octanol–water partition coefficient (Wildman–Crippen LogP) is 12.2. The molecule has 0 spiro atoms. The van der Waals surface area contributed by atoms with Crippen LogP contribution in [0, 0.1) is 0 Å². The van der Waals surface area contributed by atoms with E-state index >= 15 is 0 Å². The molecule has 4 nitrogen and oxygen atoms in total. The van der Waals surface area contributed by atoms with Gasteiger partial charge < -0.3 is 9.32 Å². The summed E-state index contributed by atoms with van der Waals surface area (Å²) in [6.07, 6.45) is 4.65. The van der Waals surface area contributed by atoms with E-state index in [0.717, 1.165) is 45.1 Å². The number of rotatable bonds is 4. The van der Waals surface area contributed by atoms with E-state index in [1.165, 1.54) is 44.5 Å². The van der Waals surface area contributed by atoms with Crippen molar-refractivity contribution in [3.8, 4) is 45.0 Å². The Kier molecular flexibility index (Phi) is 6.39. The number of para-hydroxylation sites is 1. The SMILES string of the molecule is CC1(C)c2ccccc2-c2cc3c(cc21)N(c1ccc(-c2nc(-c4ccccc4)cc(-c4ccccc4)n2)cc1)C1C=Cc2c(oc4ccccc24)C31. The third-order valence-corrected chi connectivity index (χ3v) is 11.6. The van der Waals surface area contributed by atoms with E-state index in [4.69, 9.17) is 14.4 Å². The van der Waals surface area contributed by atoms with Gasteiger partial charge in [0.2, 0.25) is 0 Å². The first-order chi connectivity index (χ1) is 26.0. The van der Waals surface area contributed by atoms with Crippen LogP contribution in [0.25, 0.3) is 62.1 Å². The van der Waals surface area contributed by atoms with E-state index in [0.29, 0.717) is 5.82 Å². The van der Waals surface area contributed by atoms with Crippen LogP contribution in [0.3, 0.4) is 0 Å². The lowest BCUT2D eigenvalue weighted by Gasteiger charge is -2.30. The quantitative estimate of drug-likeness (QED) is 0.185. The summed E-state index contributed by atoms with van der Waals surface area (Å²) in [4.78, 5) is 12.7. The molecule has 0 fully saturated rings. The number of benzene rings is 6. The average molecular weight is 682 g/mol. The summed E-state index contributed by atoms with van der Waals surface area (Å²) in [5.41, 5.74) is 16.0. The lowest BCUT2D eigenvalue weighted by atomic mass is 9.81. The number of furan rings is 1. The van der Waals surface area contributed by atoms with Gasteiger partial charge in [0.25, 0.3) is 0 Å². The van der Waals surface area contributed by atoms with Gasteiger partial charge in [-0.25, -0.2) is 9.97 Å². The molecule has 53 heavy (non-hydrogen) atoms. The van der Waals surface area contributed by atoms with Crippen molar-refractivity contribution in [1.29, 1.82) is 0 Å². The Balaban J connectivity index is 1.06. The van der Waals surface area contributed by atoms with E-state index < -0.39 is 0 Å². The number of hydrogen-bond donors (Lipinski definition) is 0.